The zero-order valence-electron chi connectivity index (χ0n) is 13.8. The largest absolute Gasteiger partial charge is 0.480 e. The summed E-state index contributed by atoms with van der Waals surface area (Å²) in [5.74, 6) is -2.00. The van der Waals surface area contributed by atoms with Crippen LogP contribution in [-0.2, 0) is 20.9 Å². The number of aliphatic carboxylic acids is 2. The number of carboxylic acids is 2. The number of nitrogens with zero attached hydrogens (tertiary/aromatic N) is 3. The Morgan fingerprint density at radius 2 is 1.88 bits per heavy atom. The molecule has 8 nitrogen and oxygen atoms in total. The van der Waals surface area contributed by atoms with Crippen molar-refractivity contribution in [3.8, 4) is 0 Å². The van der Waals surface area contributed by atoms with Gasteiger partial charge in [-0.15, -0.1) is 0 Å². The third kappa shape index (κ3) is 3.58. The Bertz CT molecular complexity index is 857. The number of amides is 1. The lowest BCUT2D eigenvalue weighted by Crippen LogP contribution is -2.48. The average Bonchev–Trinajstić information content (AvgIpc) is 2.92. The number of fused-ring (bicyclic) bond motifs is 1. The van der Waals surface area contributed by atoms with Gasteiger partial charge in [0.05, 0.1) is 0 Å². The van der Waals surface area contributed by atoms with Crippen molar-refractivity contribution in [3.63, 3.8) is 0 Å². The highest BCUT2D eigenvalue weighted by molar-refractivity contribution is 9.10. The van der Waals surface area contributed by atoms with Gasteiger partial charge in [-0.3, -0.25) is 19.3 Å². The molecular formula is C17H18BrN3O5. The van der Waals surface area contributed by atoms with Crippen LogP contribution in [0.1, 0.15) is 11.6 Å². The van der Waals surface area contributed by atoms with Crippen LogP contribution >= 0.6 is 15.9 Å². The number of aromatic nitrogens is 1. The predicted octanol–water partition coefficient (Wildman–Crippen LogP) is 1.39. The SMILES string of the molecule is O=CN1CCN(C(C(=O)O)c2cn(CC(=O)O)c3ccc(Br)cc23)CC1. The molecule has 0 aliphatic carbocycles. The van der Waals surface area contributed by atoms with Crippen molar-refractivity contribution in [1.29, 1.82) is 0 Å². The maximum absolute atomic E-state index is 12.0. The van der Waals surface area contributed by atoms with Gasteiger partial charge in [0.15, 0.2) is 0 Å². The molecule has 138 valence electrons. The molecule has 2 heterocycles. The van der Waals surface area contributed by atoms with Gasteiger partial charge in [-0.25, -0.2) is 0 Å². The first-order valence-electron chi connectivity index (χ1n) is 8.07. The van der Waals surface area contributed by atoms with E-state index in [1.54, 1.807) is 33.9 Å². The predicted molar refractivity (Wildman–Crippen MR) is 96.9 cm³/mol. The van der Waals surface area contributed by atoms with E-state index >= 15 is 0 Å². The van der Waals surface area contributed by atoms with Crippen molar-refractivity contribution < 1.29 is 24.6 Å². The normalized spacial score (nSPS) is 16.6. The molecule has 1 unspecified atom stereocenters. The summed E-state index contributed by atoms with van der Waals surface area (Å²) in [4.78, 5) is 37.5. The van der Waals surface area contributed by atoms with Crippen molar-refractivity contribution in [2.45, 2.75) is 12.6 Å². The molecule has 1 fully saturated rings. The molecule has 2 aromatic rings. The summed E-state index contributed by atoms with van der Waals surface area (Å²) < 4.78 is 2.34. The van der Waals surface area contributed by atoms with Crippen LogP contribution in [0.3, 0.4) is 0 Å². The summed E-state index contributed by atoms with van der Waals surface area (Å²) in [7, 11) is 0. The summed E-state index contributed by atoms with van der Waals surface area (Å²) in [5, 5.41) is 19.7. The number of halogens is 1. The smallest absolute Gasteiger partial charge is 0.325 e. The zero-order valence-corrected chi connectivity index (χ0v) is 15.4. The summed E-state index contributed by atoms with van der Waals surface area (Å²) in [5.41, 5.74) is 1.22. The topological polar surface area (TPSA) is 103 Å². The van der Waals surface area contributed by atoms with Crippen LogP contribution < -0.4 is 0 Å². The summed E-state index contributed by atoms with van der Waals surface area (Å²) >= 11 is 3.39. The molecule has 1 atom stereocenters. The van der Waals surface area contributed by atoms with E-state index < -0.39 is 18.0 Å². The molecule has 1 aliphatic rings. The number of carbonyl (C=O) groups excluding carboxylic acids is 1. The van der Waals surface area contributed by atoms with E-state index in [2.05, 4.69) is 15.9 Å². The van der Waals surface area contributed by atoms with Gasteiger partial charge in [-0.05, 0) is 18.2 Å². The first-order valence-corrected chi connectivity index (χ1v) is 8.86. The highest BCUT2D eigenvalue weighted by Crippen LogP contribution is 2.33. The van der Waals surface area contributed by atoms with Crippen molar-refractivity contribution in [2.75, 3.05) is 26.2 Å². The summed E-state index contributed by atoms with van der Waals surface area (Å²) in [6.45, 7) is 1.56. The molecule has 1 saturated heterocycles. The number of carboxylic acid groups (broad SMARTS) is 2. The lowest BCUT2D eigenvalue weighted by molar-refractivity contribution is -0.144. The average molecular weight is 424 g/mol. The third-order valence-corrected chi connectivity index (χ3v) is 5.06. The Labute approximate surface area is 157 Å². The van der Waals surface area contributed by atoms with Gasteiger partial charge in [0.2, 0.25) is 6.41 Å². The molecule has 9 heteroatoms. The van der Waals surface area contributed by atoms with E-state index in [1.807, 2.05) is 4.90 Å². The van der Waals surface area contributed by atoms with Crippen LogP contribution in [0.25, 0.3) is 10.9 Å². The Morgan fingerprint density at radius 1 is 1.19 bits per heavy atom. The number of benzene rings is 1. The summed E-state index contributed by atoms with van der Waals surface area (Å²) in [6.07, 6.45) is 2.37. The second-order valence-corrected chi connectivity index (χ2v) is 7.10. The molecule has 26 heavy (non-hydrogen) atoms. The van der Waals surface area contributed by atoms with Crippen LogP contribution in [-0.4, -0.2) is 69.1 Å². The minimum atomic E-state index is -1.00. The van der Waals surface area contributed by atoms with Crippen LogP contribution in [0.4, 0.5) is 0 Å². The minimum Gasteiger partial charge on any atom is -0.480 e. The monoisotopic (exact) mass is 423 g/mol. The third-order valence-electron chi connectivity index (χ3n) is 4.57. The standard InChI is InChI=1S/C17H18BrN3O5/c18-11-1-2-14-12(7-11)13(8-21(14)9-15(23)24)16(17(25)26)20-5-3-19(10-22)4-6-20/h1-2,7-8,10,16H,3-6,9H2,(H,23,24)(H,25,26). The number of rotatable bonds is 6. The second-order valence-electron chi connectivity index (χ2n) is 6.19. The van der Waals surface area contributed by atoms with Gasteiger partial charge in [0.25, 0.3) is 0 Å². The molecule has 3 rings (SSSR count). The minimum absolute atomic E-state index is 0.247. The molecular weight excluding hydrogens is 406 g/mol. The molecule has 1 amide bonds. The Morgan fingerprint density at radius 3 is 2.46 bits per heavy atom. The Balaban J connectivity index is 2.05. The maximum atomic E-state index is 12.0. The fourth-order valence-electron chi connectivity index (χ4n) is 3.38. The second kappa shape index (κ2) is 7.46. The number of hydrogen-bond acceptors (Lipinski definition) is 4. The van der Waals surface area contributed by atoms with Crippen molar-refractivity contribution >= 4 is 45.2 Å². The van der Waals surface area contributed by atoms with Gasteiger partial charge in [-0.2, -0.15) is 0 Å². The lowest BCUT2D eigenvalue weighted by Gasteiger charge is -2.36. The van der Waals surface area contributed by atoms with E-state index in [0.29, 0.717) is 42.6 Å². The van der Waals surface area contributed by atoms with E-state index in [4.69, 9.17) is 5.11 Å². The van der Waals surface area contributed by atoms with Gasteiger partial charge in [0, 0.05) is 53.3 Å². The molecule has 0 bridgehead atoms. The molecule has 1 aliphatic heterocycles. The van der Waals surface area contributed by atoms with Crippen molar-refractivity contribution in [1.82, 2.24) is 14.4 Å². The molecule has 2 N–H and O–H groups in total. The molecule has 1 aromatic carbocycles. The number of hydrogen-bond donors (Lipinski definition) is 2. The Kier molecular flexibility index (Phi) is 5.28. The van der Waals surface area contributed by atoms with Gasteiger partial charge < -0.3 is 19.7 Å². The molecule has 1 aromatic heterocycles. The summed E-state index contributed by atoms with van der Waals surface area (Å²) in [6, 6.07) is 4.47. The van der Waals surface area contributed by atoms with Gasteiger partial charge >= 0.3 is 11.9 Å². The molecule has 0 spiro atoms. The quantitative estimate of drug-likeness (QED) is 0.680. The lowest BCUT2D eigenvalue weighted by atomic mass is 10.0. The van der Waals surface area contributed by atoms with Gasteiger partial charge in [0.1, 0.15) is 12.6 Å². The van der Waals surface area contributed by atoms with E-state index in [9.17, 15) is 19.5 Å². The van der Waals surface area contributed by atoms with Crippen LogP contribution in [0.5, 0.6) is 0 Å². The maximum Gasteiger partial charge on any atom is 0.325 e. The van der Waals surface area contributed by atoms with Crippen molar-refractivity contribution in [3.05, 3.63) is 34.4 Å². The number of carbonyl (C=O) groups is 3. The van der Waals surface area contributed by atoms with Crippen LogP contribution in [0.15, 0.2) is 28.9 Å². The van der Waals surface area contributed by atoms with Gasteiger partial charge in [-0.1, -0.05) is 15.9 Å². The molecule has 0 radical (unpaired) electrons. The van der Waals surface area contributed by atoms with E-state index in [1.165, 1.54) is 0 Å². The van der Waals surface area contributed by atoms with Crippen molar-refractivity contribution in [2.24, 2.45) is 0 Å². The highest BCUT2D eigenvalue weighted by Gasteiger charge is 2.32. The fourth-order valence-corrected chi connectivity index (χ4v) is 3.74. The molecule has 0 saturated carbocycles. The van der Waals surface area contributed by atoms with E-state index in [-0.39, 0.29) is 6.54 Å². The fraction of sp³-hybridized carbons (Fsp3) is 0.353. The van der Waals surface area contributed by atoms with Crippen LogP contribution in [0, 0.1) is 0 Å². The number of piperazine rings is 1. The zero-order chi connectivity index (χ0) is 18.8. The first-order chi connectivity index (χ1) is 12.4. The highest BCUT2D eigenvalue weighted by atomic mass is 79.9. The van der Waals surface area contributed by atoms with Crippen LogP contribution in [0.2, 0.25) is 0 Å². The first kappa shape index (κ1) is 18.4. The Hall–Kier alpha value is -2.39. The van der Waals surface area contributed by atoms with E-state index in [0.717, 1.165) is 10.9 Å².